The maximum absolute atomic E-state index is 12.1. The molecule has 19 heavy (non-hydrogen) atoms. The van der Waals surface area contributed by atoms with Gasteiger partial charge in [0.15, 0.2) is 0 Å². The molecular formula is C15H19N3O. The van der Waals surface area contributed by atoms with E-state index in [0.717, 1.165) is 24.2 Å². The van der Waals surface area contributed by atoms with Crippen LogP contribution in [0.25, 0.3) is 0 Å². The zero-order chi connectivity index (χ0) is 13.8. The van der Waals surface area contributed by atoms with Crippen molar-refractivity contribution < 1.29 is 4.79 Å². The minimum atomic E-state index is -0.381. The molecule has 1 aliphatic rings. The van der Waals surface area contributed by atoms with E-state index in [4.69, 9.17) is 5.26 Å². The molecule has 1 N–H and O–H groups in total. The van der Waals surface area contributed by atoms with Crippen LogP contribution in [0.3, 0.4) is 0 Å². The van der Waals surface area contributed by atoms with E-state index in [1.54, 1.807) is 0 Å². The lowest BCUT2D eigenvalue weighted by Crippen LogP contribution is -2.44. The lowest BCUT2D eigenvalue weighted by Gasteiger charge is -2.30. The van der Waals surface area contributed by atoms with Crippen molar-refractivity contribution >= 4 is 11.6 Å². The van der Waals surface area contributed by atoms with Crippen molar-refractivity contribution in [1.29, 1.82) is 5.26 Å². The molecule has 1 aromatic rings. The largest absolute Gasteiger partial charge is 0.358 e. The standard InChI is InChI=1S/C15H19N3O/c1-11-4-5-13(12(2)10-11)18-9-3-8-17-15(19)14(18)6-7-16/h4-5,10,14H,3,6,8-9H2,1-2H3,(H,17,19). The van der Waals surface area contributed by atoms with Crippen molar-refractivity contribution in [2.24, 2.45) is 0 Å². The first-order valence-corrected chi connectivity index (χ1v) is 6.62. The predicted octanol–water partition coefficient (Wildman–Crippen LogP) is 1.91. The fourth-order valence-corrected chi connectivity index (χ4v) is 2.58. The Morgan fingerprint density at radius 1 is 1.47 bits per heavy atom. The Morgan fingerprint density at radius 2 is 2.26 bits per heavy atom. The van der Waals surface area contributed by atoms with Gasteiger partial charge in [0.25, 0.3) is 0 Å². The summed E-state index contributed by atoms with van der Waals surface area (Å²) in [5.41, 5.74) is 3.41. The van der Waals surface area contributed by atoms with E-state index in [2.05, 4.69) is 42.3 Å². The summed E-state index contributed by atoms with van der Waals surface area (Å²) in [7, 11) is 0. The van der Waals surface area contributed by atoms with Crippen LogP contribution in [0, 0.1) is 25.2 Å². The number of aryl methyl sites for hydroxylation is 2. The Hall–Kier alpha value is -2.02. The van der Waals surface area contributed by atoms with Crippen molar-refractivity contribution in [3.8, 4) is 6.07 Å². The zero-order valence-electron chi connectivity index (χ0n) is 11.4. The SMILES string of the molecule is Cc1ccc(N2CCCNC(=O)C2CC#N)c(C)c1. The number of nitrogens with zero attached hydrogens (tertiary/aromatic N) is 2. The third-order valence-electron chi connectivity index (χ3n) is 3.50. The zero-order valence-corrected chi connectivity index (χ0v) is 11.4. The fourth-order valence-electron chi connectivity index (χ4n) is 2.58. The number of rotatable bonds is 2. The average Bonchev–Trinajstić information content (AvgIpc) is 2.54. The van der Waals surface area contributed by atoms with Gasteiger partial charge in [-0.25, -0.2) is 0 Å². The number of amides is 1. The Bertz CT molecular complexity index is 519. The number of hydrogen-bond acceptors (Lipinski definition) is 3. The van der Waals surface area contributed by atoms with E-state index in [1.165, 1.54) is 5.56 Å². The van der Waals surface area contributed by atoms with E-state index in [9.17, 15) is 4.79 Å². The molecule has 0 radical (unpaired) electrons. The van der Waals surface area contributed by atoms with E-state index in [1.807, 2.05) is 6.07 Å². The summed E-state index contributed by atoms with van der Waals surface area (Å²) in [5.74, 6) is -0.0426. The molecule has 1 amide bonds. The summed E-state index contributed by atoms with van der Waals surface area (Å²) in [5, 5.41) is 11.8. The molecule has 1 heterocycles. The molecule has 0 bridgehead atoms. The van der Waals surface area contributed by atoms with Gasteiger partial charge in [0.2, 0.25) is 5.91 Å². The summed E-state index contributed by atoms with van der Waals surface area (Å²) < 4.78 is 0. The van der Waals surface area contributed by atoms with Crippen LogP contribution in [-0.4, -0.2) is 25.0 Å². The van der Waals surface area contributed by atoms with Crippen LogP contribution in [0.5, 0.6) is 0 Å². The molecule has 1 aromatic carbocycles. The van der Waals surface area contributed by atoms with Crippen LogP contribution in [0.2, 0.25) is 0 Å². The first kappa shape index (κ1) is 13.4. The van der Waals surface area contributed by atoms with E-state index in [0.29, 0.717) is 6.54 Å². The van der Waals surface area contributed by atoms with Gasteiger partial charge in [-0.1, -0.05) is 17.7 Å². The van der Waals surface area contributed by atoms with Gasteiger partial charge in [0.1, 0.15) is 6.04 Å². The molecule has 1 atom stereocenters. The highest BCUT2D eigenvalue weighted by Gasteiger charge is 2.28. The first-order chi connectivity index (χ1) is 9.13. The van der Waals surface area contributed by atoms with Crippen molar-refractivity contribution in [2.75, 3.05) is 18.0 Å². The number of carbonyl (C=O) groups is 1. The van der Waals surface area contributed by atoms with Gasteiger partial charge in [-0.2, -0.15) is 5.26 Å². The number of anilines is 1. The predicted molar refractivity (Wildman–Crippen MR) is 74.9 cm³/mol. The van der Waals surface area contributed by atoms with Gasteiger partial charge in [0.05, 0.1) is 12.5 Å². The molecule has 1 unspecified atom stereocenters. The minimum Gasteiger partial charge on any atom is -0.358 e. The summed E-state index contributed by atoms with van der Waals surface area (Å²) in [6, 6.07) is 7.96. The molecule has 1 fully saturated rings. The Labute approximate surface area is 114 Å². The van der Waals surface area contributed by atoms with Gasteiger partial charge in [-0.3, -0.25) is 4.79 Å². The Morgan fingerprint density at radius 3 is 2.95 bits per heavy atom. The number of nitriles is 1. The Kier molecular flexibility index (Phi) is 4.06. The minimum absolute atomic E-state index is 0.0426. The highest BCUT2D eigenvalue weighted by molar-refractivity contribution is 5.86. The molecule has 0 aromatic heterocycles. The van der Waals surface area contributed by atoms with Crippen molar-refractivity contribution in [3.05, 3.63) is 29.3 Å². The molecule has 4 nitrogen and oxygen atoms in total. The normalized spacial score (nSPS) is 19.5. The Balaban J connectivity index is 2.37. The second-order valence-corrected chi connectivity index (χ2v) is 5.01. The third-order valence-corrected chi connectivity index (χ3v) is 3.50. The number of hydrogen-bond donors (Lipinski definition) is 1. The number of carbonyl (C=O) groups excluding carboxylic acids is 1. The quantitative estimate of drug-likeness (QED) is 0.880. The smallest absolute Gasteiger partial charge is 0.243 e. The highest BCUT2D eigenvalue weighted by Crippen LogP contribution is 2.25. The molecule has 0 aliphatic carbocycles. The molecule has 1 aliphatic heterocycles. The summed E-state index contributed by atoms with van der Waals surface area (Å²) in [4.78, 5) is 14.1. The van der Waals surface area contributed by atoms with Crippen LogP contribution < -0.4 is 10.2 Å². The average molecular weight is 257 g/mol. The van der Waals surface area contributed by atoms with Crippen molar-refractivity contribution in [2.45, 2.75) is 32.7 Å². The maximum Gasteiger partial charge on any atom is 0.243 e. The van der Waals surface area contributed by atoms with Crippen LogP contribution in [0.4, 0.5) is 5.69 Å². The number of nitrogens with one attached hydrogen (secondary N) is 1. The topological polar surface area (TPSA) is 56.1 Å². The van der Waals surface area contributed by atoms with Gasteiger partial charge in [0, 0.05) is 18.8 Å². The van der Waals surface area contributed by atoms with Crippen LogP contribution in [-0.2, 0) is 4.79 Å². The van der Waals surface area contributed by atoms with Gasteiger partial charge < -0.3 is 10.2 Å². The molecule has 0 spiro atoms. The number of benzene rings is 1. The molecular weight excluding hydrogens is 238 g/mol. The molecule has 1 saturated heterocycles. The fraction of sp³-hybridized carbons (Fsp3) is 0.467. The summed E-state index contributed by atoms with van der Waals surface area (Å²) in [6.07, 6.45) is 1.13. The van der Waals surface area contributed by atoms with Crippen LogP contribution >= 0.6 is 0 Å². The molecule has 4 heteroatoms. The van der Waals surface area contributed by atoms with Crippen LogP contribution in [0.15, 0.2) is 18.2 Å². The van der Waals surface area contributed by atoms with Gasteiger partial charge >= 0.3 is 0 Å². The first-order valence-electron chi connectivity index (χ1n) is 6.62. The second kappa shape index (κ2) is 5.75. The maximum atomic E-state index is 12.1. The lowest BCUT2D eigenvalue weighted by atomic mass is 10.1. The van der Waals surface area contributed by atoms with Crippen molar-refractivity contribution in [1.82, 2.24) is 5.32 Å². The van der Waals surface area contributed by atoms with E-state index in [-0.39, 0.29) is 18.4 Å². The van der Waals surface area contributed by atoms with Gasteiger partial charge in [-0.15, -0.1) is 0 Å². The van der Waals surface area contributed by atoms with E-state index >= 15 is 0 Å². The highest BCUT2D eigenvalue weighted by atomic mass is 16.2. The molecule has 2 rings (SSSR count). The third kappa shape index (κ3) is 2.87. The summed E-state index contributed by atoms with van der Waals surface area (Å²) in [6.45, 7) is 5.59. The van der Waals surface area contributed by atoms with Gasteiger partial charge in [-0.05, 0) is 31.9 Å². The molecule has 100 valence electrons. The van der Waals surface area contributed by atoms with Crippen LogP contribution in [0.1, 0.15) is 24.0 Å². The summed E-state index contributed by atoms with van der Waals surface area (Å²) >= 11 is 0. The second-order valence-electron chi connectivity index (χ2n) is 5.01. The van der Waals surface area contributed by atoms with E-state index < -0.39 is 0 Å². The molecule has 0 saturated carbocycles. The lowest BCUT2D eigenvalue weighted by molar-refractivity contribution is -0.121. The van der Waals surface area contributed by atoms with Crippen molar-refractivity contribution in [3.63, 3.8) is 0 Å². The monoisotopic (exact) mass is 257 g/mol.